The van der Waals surface area contributed by atoms with Crippen LogP contribution in [0.2, 0.25) is 0 Å². The molecule has 2 nitrogen and oxygen atoms in total. The van der Waals surface area contributed by atoms with Gasteiger partial charge in [0.2, 0.25) is 0 Å². The number of rotatable bonds is 12. The van der Waals surface area contributed by atoms with Crippen LogP contribution in [0.25, 0.3) is 54.6 Å². The van der Waals surface area contributed by atoms with Crippen LogP contribution in [0.1, 0.15) is 55.6 Å². The molecule has 0 fully saturated rings. The predicted octanol–water partition coefficient (Wildman–Crippen LogP) is 21.8. The zero-order valence-corrected chi connectivity index (χ0v) is 47.2. The van der Waals surface area contributed by atoms with Crippen LogP contribution in [0, 0.1) is 34.9 Å². The molecule has 0 aliphatic heterocycles. The second kappa shape index (κ2) is 20.6. The van der Waals surface area contributed by atoms with E-state index in [0.29, 0.717) is 34.1 Å². The second-order valence-electron chi connectivity index (χ2n) is 22.0. The largest absolute Gasteiger partial charge is 0.310 e. The number of hydrogen-bond donors (Lipinski definition) is 0. The average Bonchev–Trinajstić information content (AvgIpc) is 1.83. The summed E-state index contributed by atoms with van der Waals surface area (Å²) in [6.07, 6.45) is 3.58. The van der Waals surface area contributed by atoms with Crippen LogP contribution >= 0.6 is 11.3 Å². The quantitative estimate of drug-likeness (QED) is 0.113. The van der Waals surface area contributed by atoms with Crippen molar-refractivity contribution in [3.05, 3.63) is 358 Å². The summed E-state index contributed by atoms with van der Waals surface area (Å²) < 4.78 is 93.5. The lowest BCUT2D eigenvalue weighted by Crippen LogP contribution is -2.29. The molecule has 0 radical (unpaired) electrons. The third-order valence-electron chi connectivity index (χ3n) is 17.6. The van der Waals surface area contributed by atoms with Crippen molar-refractivity contribution in [3.8, 4) is 22.3 Å². The average molecular weight is 1160 g/mol. The normalized spacial score (nSPS) is 15.4. The van der Waals surface area contributed by atoms with Gasteiger partial charge in [-0.05, 0) is 187 Å². The van der Waals surface area contributed by atoms with E-state index >= 15 is 17.6 Å². The third-order valence-corrected chi connectivity index (χ3v) is 18.7. The molecule has 0 N–H and O–H groups in total. The van der Waals surface area contributed by atoms with Gasteiger partial charge in [-0.15, -0.1) is 11.3 Å². The molecular formula is C78H48F6N2S. The monoisotopic (exact) mass is 1160 g/mol. The van der Waals surface area contributed by atoms with Crippen LogP contribution in [-0.4, -0.2) is 0 Å². The number of nitrogens with zero attached hydrogens (tertiary/aromatic N) is 2. The Bertz CT molecular complexity index is 4630. The lowest BCUT2D eigenvalue weighted by Gasteiger charge is -2.35. The first kappa shape index (κ1) is 53.3. The Morgan fingerprint density at radius 2 is 0.621 bits per heavy atom. The second-order valence-corrected chi connectivity index (χ2v) is 23.1. The number of anilines is 6. The highest BCUT2D eigenvalue weighted by Crippen LogP contribution is 2.60. The molecule has 1 aromatic heterocycles. The third kappa shape index (κ3) is 8.32. The molecule has 15 rings (SSSR count). The first-order chi connectivity index (χ1) is 42.5. The van der Waals surface area contributed by atoms with Crippen LogP contribution in [0.15, 0.2) is 268 Å². The minimum atomic E-state index is -1.02. The maximum Gasteiger partial charge on any atom is 0.160 e. The number of benzene rings is 12. The summed E-state index contributed by atoms with van der Waals surface area (Å²) in [6.45, 7) is 8.00. The highest BCUT2D eigenvalue weighted by atomic mass is 32.1. The molecule has 13 aromatic rings. The van der Waals surface area contributed by atoms with Crippen molar-refractivity contribution in [3.63, 3.8) is 0 Å². The van der Waals surface area contributed by atoms with Gasteiger partial charge in [0.25, 0.3) is 0 Å². The number of hydrogen-bond acceptors (Lipinski definition) is 3. The maximum absolute atomic E-state index is 15.8. The Morgan fingerprint density at radius 3 is 1.00 bits per heavy atom. The predicted molar refractivity (Wildman–Crippen MR) is 343 cm³/mol. The fourth-order valence-electron chi connectivity index (χ4n) is 13.7. The zero-order valence-electron chi connectivity index (χ0n) is 46.4. The topological polar surface area (TPSA) is 6.48 Å². The molecule has 0 amide bonds. The van der Waals surface area contributed by atoms with Crippen molar-refractivity contribution in [1.82, 2.24) is 0 Å². The summed E-state index contributed by atoms with van der Waals surface area (Å²) in [6, 6.07) is 78.2. The van der Waals surface area contributed by atoms with E-state index in [-0.39, 0.29) is 11.6 Å². The van der Waals surface area contributed by atoms with E-state index in [1.165, 1.54) is 36.4 Å². The summed E-state index contributed by atoms with van der Waals surface area (Å²) in [5, 5.41) is 1.71. The van der Waals surface area contributed by atoms with Gasteiger partial charge in [-0.25, -0.2) is 26.3 Å². The molecule has 0 saturated heterocycles. The van der Waals surface area contributed by atoms with Crippen molar-refractivity contribution in [2.75, 3.05) is 9.80 Å². The summed E-state index contributed by atoms with van der Waals surface area (Å²) in [7, 11) is 0. The molecular weight excluding hydrogens is 1110 g/mol. The Morgan fingerprint density at radius 1 is 0.299 bits per heavy atom. The van der Waals surface area contributed by atoms with Crippen molar-refractivity contribution in [2.45, 2.75) is 10.8 Å². The van der Waals surface area contributed by atoms with Crippen molar-refractivity contribution in [2.24, 2.45) is 0 Å². The van der Waals surface area contributed by atoms with Gasteiger partial charge in [-0.1, -0.05) is 159 Å². The molecule has 0 spiro atoms. The summed E-state index contributed by atoms with van der Waals surface area (Å²) in [4.78, 5) is 3.84. The van der Waals surface area contributed by atoms with Gasteiger partial charge in [-0.2, -0.15) is 0 Å². The first-order valence-corrected chi connectivity index (χ1v) is 29.2. The van der Waals surface area contributed by atoms with E-state index in [9.17, 15) is 8.78 Å². The van der Waals surface area contributed by atoms with Gasteiger partial charge in [0, 0.05) is 66.4 Å². The number of fused-ring (bicyclic) bond motifs is 9. The van der Waals surface area contributed by atoms with Gasteiger partial charge >= 0.3 is 0 Å². The van der Waals surface area contributed by atoms with Crippen LogP contribution in [0.4, 0.5) is 60.5 Å². The molecule has 2 atom stereocenters. The van der Waals surface area contributed by atoms with E-state index in [2.05, 4.69) is 86.0 Å². The molecule has 12 aromatic carbocycles. The Hall–Kier alpha value is -10.5. The molecule has 0 bridgehead atoms. The molecule has 0 saturated carbocycles. The van der Waals surface area contributed by atoms with Gasteiger partial charge in [0.1, 0.15) is 11.6 Å². The summed E-state index contributed by atoms with van der Waals surface area (Å²) >= 11 is 1.59. The minimum absolute atomic E-state index is 0.364. The Balaban J connectivity index is 0.924. The number of thiophene rings is 1. The molecule has 2 aliphatic rings. The molecule has 2 aliphatic carbocycles. The molecule has 1 heterocycles. The maximum atomic E-state index is 15.8. The smallest absolute Gasteiger partial charge is 0.160 e. The summed E-state index contributed by atoms with van der Waals surface area (Å²) in [5.74, 6) is -4.76. The highest BCUT2D eigenvalue weighted by Gasteiger charge is 2.48. The van der Waals surface area contributed by atoms with Crippen LogP contribution in [0.3, 0.4) is 0 Å². The van der Waals surface area contributed by atoms with E-state index in [0.717, 1.165) is 110 Å². The van der Waals surface area contributed by atoms with E-state index in [1.807, 2.05) is 131 Å². The van der Waals surface area contributed by atoms with Crippen LogP contribution in [-0.2, 0) is 10.8 Å². The van der Waals surface area contributed by atoms with Gasteiger partial charge in [0.15, 0.2) is 23.3 Å². The van der Waals surface area contributed by atoms with Crippen molar-refractivity contribution < 1.29 is 26.3 Å². The lowest BCUT2D eigenvalue weighted by atomic mass is 9.67. The minimum Gasteiger partial charge on any atom is -0.310 e. The van der Waals surface area contributed by atoms with E-state index in [4.69, 9.17) is 0 Å². The zero-order chi connectivity index (χ0) is 59.3. The molecule has 87 heavy (non-hydrogen) atoms. The van der Waals surface area contributed by atoms with Gasteiger partial charge in [0.05, 0.1) is 10.8 Å². The molecule has 418 valence electrons. The van der Waals surface area contributed by atoms with Gasteiger partial charge in [-0.3, -0.25) is 0 Å². The molecule has 2 unspecified atom stereocenters. The van der Waals surface area contributed by atoms with E-state index < -0.39 is 34.1 Å². The Kier molecular flexibility index (Phi) is 12.6. The number of halogens is 6. The molecule has 9 heteroatoms. The highest BCUT2D eigenvalue weighted by molar-refractivity contribution is 7.25. The lowest BCUT2D eigenvalue weighted by molar-refractivity contribution is 0.509. The van der Waals surface area contributed by atoms with Crippen molar-refractivity contribution in [1.29, 1.82) is 0 Å². The fraction of sp³-hybridized carbons (Fsp3) is 0.0256. The van der Waals surface area contributed by atoms with Crippen LogP contribution in [0.5, 0.6) is 0 Å². The SMILES string of the molecule is C=Cc1ccc(C2(c3ccc(F)cc3)c3ccccc3-c3ccc(N(c4ccc(F)c(F)c4)c4ccc5sc6ccc(N(c7ccc(F)c(F)c7)c7ccc8c(c7)C(c7ccc(F)cc7)(c7ccc(C=C)cc7)c7ccccc7-8)cc6c5c4)cc32)cc1. The first-order valence-electron chi connectivity index (χ1n) is 28.4. The fourth-order valence-corrected chi connectivity index (χ4v) is 14.8. The van der Waals surface area contributed by atoms with Crippen molar-refractivity contribution >= 4 is 77.8 Å². The van der Waals surface area contributed by atoms with E-state index in [1.54, 1.807) is 35.6 Å². The van der Waals surface area contributed by atoms with Crippen LogP contribution < -0.4 is 9.80 Å². The standard InChI is InChI=1S/C78H48F6N2S/c1-3-47-13-17-49(18-14-47)77(51-21-25-53(79)26-22-51)67-11-7-5-9-61(67)63-35-29-57(43-69(63)77)85(59-31-37-71(81)73(83)45-59)55-33-39-75-65(41-55)66-42-56(34-40-76(66)87-75)86(60-32-38-72(82)74(84)46-60)58-30-36-64-62-10-6-8-12-68(62)78(70(64)44-58,52-23-27-54(80)28-24-52)50-19-15-48(4-2)16-20-50/h3-46H,1-2H2. The van der Waals surface area contributed by atoms with Gasteiger partial charge < -0.3 is 9.80 Å². The Labute approximate surface area is 502 Å². The summed E-state index contributed by atoms with van der Waals surface area (Å²) in [5.41, 5.74) is 14.6.